The molecule has 0 fully saturated rings. The number of nitrogens with zero attached hydrogens (tertiary/aromatic N) is 1. The summed E-state index contributed by atoms with van der Waals surface area (Å²) in [6.45, 7) is 8.95. The van der Waals surface area contributed by atoms with Crippen LogP contribution in [0.15, 0.2) is 18.2 Å². The number of hydrogen-bond acceptors (Lipinski definition) is 4. The van der Waals surface area contributed by atoms with E-state index in [0.29, 0.717) is 17.7 Å². The molecule has 0 spiro atoms. The summed E-state index contributed by atoms with van der Waals surface area (Å²) in [5.41, 5.74) is 0.642. The summed E-state index contributed by atoms with van der Waals surface area (Å²) in [5.74, 6) is -0.616. The van der Waals surface area contributed by atoms with Gasteiger partial charge in [0.25, 0.3) is 11.6 Å². The number of carbonyl (C=O) groups is 1. The first-order valence-corrected chi connectivity index (χ1v) is 14.9. The second-order valence-corrected chi connectivity index (χ2v) is 13.5. The summed E-state index contributed by atoms with van der Waals surface area (Å²) in [6, 6.07) is 4.54. The Morgan fingerprint density at radius 1 is 1.03 bits per heavy atom. The van der Waals surface area contributed by atoms with Crippen molar-refractivity contribution in [1.82, 2.24) is 5.32 Å². The van der Waals surface area contributed by atoms with Crippen LogP contribution in [0.1, 0.15) is 94.5 Å². The Morgan fingerprint density at radius 2 is 1.55 bits per heavy atom. The van der Waals surface area contributed by atoms with Crippen molar-refractivity contribution in [3.8, 4) is 0 Å². The highest BCUT2D eigenvalue weighted by Crippen LogP contribution is 2.61. The average molecular weight is 548 g/mol. The van der Waals surface area contributed by atoms with Crippen molar-refractivity contribution in [2.24, 2.45) is 0 Å². The van der Waals surface area contributed by atoms with Gasteiger partial charge in [0.1, 0.15) is 0 Å². The summed E-state index contributed by atoms with van der Waals surface area (Å²) in [5, 5.41) is 23.8. The molecule has 0 aliphatic heterocycles. The van der Waals surface area contributed by atoms with E-state index in [2.05, 4.69) is 26.1 Å². The molecule has 33 heavy (non-hydrogen) atoms. The van der Waals surface area contributed by atoms with Crippen molar-refractivity contribution >= 4 is 18.9 Å². The summed E-state index contributed by atoms with van der Waals surface area (Å²) < 4.78 is 0. The molecule has 1 unspecified atom stereocenters. The van der Waals surface area contributed by atoms with Gasteiger partial charge in [-0.25, -0.2) is 0 Å². The molecule has 8 heteroatoms. The van der Waals surface area contributed by atoms with E-state index in [1.54, 1.807) is 19.1 Å². The zero-order valence-electron chi connectivity index (χ0n) is 20.9. The predicted molar refractivity (Wildman–Crippen MR) is 137 cm³/mol. The van der Waals surface area contributed by atoms with Crippen LogP contribution in [0.25, 0.3) is 0 Å². The molecule has 6 nitrogen and oxygen atoms in total. The number of nitro groups is 1. The number of carbonyl (C=O) groups excluding carboxylic acids is 1. The fourth-order valence-corrected chi connectivity index (χ4v) is 9.36. The van der Waals surface area contributed by atoms with E-state index in [-0.39, 0.29) is 41.1 Å². The van der Waals surface area contributed by atoms with Crippen molar-refractivity contribution in [2.75, 3.05) is 37.8 Å². The molecule has 1 rings (SSSR count). The van der Waals surface area contributed by atoms with Gasteiger partial charge >= 0.3 is 0 Å². The lowest BCUT2D eigenvalue weighted by Crippen LogP contribution is -3.00. The van der Waals surface area contributed by atoms with Crippen LogP contribution in [0.2, 0.25) is 0 Å². The van der Waals surface area contributed by atoms with Crippen molar-refractivity contribution in [3.05, 3.63) is 39.4 Å². The molecule has 0 aliphatic rings. The molecule has 0 aliphatic carbocycles. The molecule has 0 saturated carbocycles. The summed E-state index contributed by atoms with van der Waals surface area (Å²) in [7, 11) is -0.984. The zero-order chi connectivity index (χ0) is 24.0. The lowest BCUT2D eigenvalue weighted by Gasteiger charge is -2.28. The third-order valence-electron chi connectivity index (χ3n) is 6.35. The van der Waals surface area contributed by atoms with Gasteiger partial charge in [0.05, 0.1) is 29.6 Å². The zero-order valence-corrected chi connectivity index (χ0v) is 23.4. The Bertz CT molecular complexity index is 696. The average Bonchev–Trinajstić information content (AvgIpc) is 2.81. The number of aliphatic hydroxyl groups is 1. The van der Waals surface area contributed by atoms with Crippen LogP contribution in [0.3, 0.4) is 0 Å². The fraction of sp³-hybridized carbons (Fsp3) is 0.720. The Kier molecular flexibility index (Phi) is 16.9. The maximum Gasteiger partial charge on any atom is 0.273 e. The highest BCUT2D eigenvalue weighted by molar-refractivity contribution is 7.75. The van der Waals surface area contributed by atoms with E-state index in [1.807, 2.05) is 0 Å². The van der Waals surface area contributed by atoms with Crippen LogP contribution in [-0.4, -0.2) is 53.7 Å². The second-order valence-electron chi connectivity index (χ2n) is 9.02. The Labute approximate surface area is 211 Å². The van der Waals surface area contributed by atoms with Gasteiger partial charge in [-0.3, -0.25) is 14.9 Å². The van der Waals surface area contributed by atoms with Crippen molar-refractivity contribution in [3.63, 3.8) is 0 Å². The van der Waals surface area contributed by atoms with Gasteiger partial charge in [0.15, 0.2) is 0 Å². The Hall–Kier alpha value is -1.04. The van der Waals surface area contributed by atoms with Crippen LogP contribution in [0.5, 0.6) is 0 Å². The first-order chi connectivity index (χ1) is 15.3. The third kappa shape index (κ3) is 10.8. The largest absolute Gasteiger partial charge is 1.00 e. The highest BCUT2D eigenvalue weighted by atomic mass is 79.9. The van der Waals surface area contributed by atoms with Crippen LogP contribution in [0, 0.1) is 10.1 Å². The first-order valence-electron chi connectivity index (χ1n) is 12.4. The molecule has 1 amide bonds. The topological polar surface area (TPSA) is 92.5 Å². The van der Waals surface area contributed by atoms with Crippen molar-refractivity contribution in [1.29, 1.82) is 0 Å². The summed E-state index contributed by atoms with van der Waals surface area (Å²) in [4.78, 5) is 23.6. The van der Waals surface area contributed by atoms with E-state index in [9.17, 15) is 20.0 Å². The molecular weight excluding hydrogens is 503 g/mol. The summed E-state index contributed by atoms with van der Waals surface area (Å²) in [6.07, 6.45) is 13.9. The minimum absolute atomic E-state index is 0. The van der Waals surface area contributed by atoms with Crippen LogP contribution in [-0.2, 0) is 0 Å². The monoisotopic (exact) mass is 546 g/mol. The van der Waals surface area contributed by atoms with E-state index in [1.165, 1.54) is 69.2 Å². The molecule has 0 heterocycles. The van der Waals surface area contributed by atoms with Crippen LogP contribution < -0.4 is 22.3 Å². The van der Waals surface area contributed by atoms with Gasteiger partial charge in [-0.1, -0.05) is 53.0 Å². The Morgan fingerprint density at radius 3 is 2.00 bits per heavy atom. The number of aliphatic hydroxyl groups excluding tert-OH is 1. The standard InChI is InChI=1S/C25H43N2O4P.BrH/c1-5-8-15-32(16-9-6-2,17-10-7-3)18-11-14-26-25(29)22-12-13-23(21(4)20-28)24(19-22)27(30)31;/h12-13,19,21,28H,5-11,14-18,20H2,1-4H3;1H. The number of benzene rings is 1. The molecule has 1 aromatic carbocycles. The number of nitro benzene ring substituents is 1. The second kappa shape index (κ2) is 17.4. The molecule has 1 aromatic rings. The fourth-order valence-electron chi connectivity index (χ4n) is 4.23. The summed E-state index contributed by atoms with van der Waals surface area (Å²) >= 11 is 0. The maximum absolute atomic E-state index is 12.6. The third-order valence-corrected chi connectivity index (χ3v) is 11.4. The molecule has 2 N–H and O–H groups in total. The maximum atomic E-state index is 12.6. The minimum Gasteiger partial charge on any atom is -1.00 e. The van der Waals surface area contributed by atoms with Gasteiger partial charge < -0.3 is 27.4 Å². The number of unbranched alkanes of at least 4 members (excludes halogenated alkanes) is 3. The molecule has 1 atom stereocenters. The Balaban J connectivity index is 0.0000102. The van der Waals surface area contributed by atoms with Gasteiger partial charge in [-0.15, -0.1) is 0 Å². The lowest BCUT2D eigenvalue weighted by atomic mass is 9.98. The number of rotatable bonds is 17. The van der Waals surface area contributed by atoms with E-state index in [0.717, 1.165) is 6.42 Å². The van der Waals surface area contributed by atoms with E-state index >= 15 is 0 Å². The van der Waals surface area contributed by atoms with Gasteiger partial charge in [-0.2, -0.15) is 0 Å². The molecule has 0 bridgehead atoms. The lowest BCUT2D eigenvalue weighted by molar-refractivity contribution is -0.385. The predicted octanol–water partition coefficient (Wildman–Crippen LogP) is 3.23. The first kappa shape index (κ1) is 32.0. The van der Waals surface area contributed by atoms with Crippen LogP contribution >= 0.6 is 7.26 Å². The SMILES string of the molecule is CCCC[P+](CCCC)(CCCC)CCCNC(=O)c1ccc(C(C)CO)c([N+](=O)[O-])c1.[Br-]. The minimum atomic E-state index is -0.984. The van der Waals surface area contributed by atoms with Gasteiger partial charge in [-0.05, 0) is 31.7 Å². The normalized spacial score (nSPS) is 12.2. The van der Waals surface area contributed by atoms with Crippen molar-refractivity contribution < 1.29 is 31.8 Å². The molecule has 0 radical (unpaired) electrons. The molecular formula is C25H44BrN2O4P. The van der Waals surface area contributed by atoms with E-state index < -0.39 is 12.2 Å². The van der Waals surface area contributed by atoms with Crippen molar-refractivity contribution in [2.45, 2.75) is 78.6 Å². The van der Waals surface area contributed by atoms with Gasteiger partial charge in [0.2, 0.25) is 0 Å². The smallest absolute Gasteiger partial charge is 0.273 e. The molecule has 0 aromatic heterocycles. The quantitative estimate of drug-likeness (QED) is 0.136. The van der Waals surface area contributed by atoms with Crippen LogP contribution in [0.4, 0.5) is 5.69 Å². The van der Waals surface area contributed by atoms with E-state index in [4.69, 9.17) is 0 Å². The number of nitrogens with one attached hydrogen (secondary N) is 1. The highest BCUT2D eigenvalue weighted by Gasteiger charge is 2.34. The number of halogens is 1. The molecule has 0 saturated heterocycles. The number of amides is 1. The number of hydrogen-bond donors (Lipinski definition) is 2. The molecule has 190 valence electrons. The van der Waals surface area contributed by atoms with Gasteiger partial charge in [0, 0.05) is 43.5 Å².